The maximum atomic E-state index is 5.47. The zero-order valence-corrected chi connectivity index (χ0v) is 17.9. The molecule has 0 unspecified atom stereocenters. The minimum absolute atomic E-state index is 0.608. The maximum Gasteiger partial charge on any atom is 0.191 e. The van der Waals surface area contributed by atoms with Crippen LogP contribution < -0.4 is 20.3 Å². The first-order chi connectivity index (χ1) is 14.2. The molecule has 6 heteroatoms. The van der Waals surface area contributed by atoms with Crippen LogP contribution in [0.5, 0.6) is 5.75 Å². The molecule has 0 atom stereocenters. The minimum Gasteiger partial charge on any atom is -0.496 e. The van der Waals surface area contributed by atoms with Gasteiger partial charge < -0.3 is 20.3 Å². The lowest BCUT2D eigenvalue weighted by molar-refractivity contribution is 0.409. The fourth-order valence-corrected chi connectivity index (χ4v) is 3.57. The summed E-state index contributed by atoms with van der Waals surface area (Å²) in [6.07, 6.45) is 5.35. The van der Waals surface area contributed by atoms with E-state index in [0.29, 0.717) is 6.54 Å². The third-order valence-electron chi connectivity index (χ3n) is 5.13. The number of benzene rings is 1. The number of guanidine groups is 1. The van der Waals surface area contributed by atoms with Crippen LogP contribution in [0.25, 0.3) is 0 Å². The summed E-state index contributed by atoms with van der Waals surface area (Å²) in [6, 6.07) is 10.5. The number of rotatable bonds is 8. The van der Waals surface area contributed by atoms with Crippen LogP contribution in [0, 0.1) is 6.92 Å². The number of nitrogens with one attached hydrogen (secondary N) is 2. The molecule has 6 nitrogen and oxygen atoms in total. The van der Waals surface area contributed by atoms with Crippen LogP contribution in [0.15, 0.2) is 41.5 Å². The van der Waals surface area contributed by atoms with Gasteiger partial charge in [-0.25, -0.2) is 9.98 Å². The Morgan fingerprint density at radius 2 is 2.00 bits per heavy atom. The Labute approximate surface area is 174 Å². The molecule has 1 aromatic carbocycles. The summed E-state index contributed by atoms with van der Waals surface area (Å²) in [5.41, 5.74) is 3.56. The van der Waals surface area contributed by atoms with E-state index in [0.717, 1.165) is 55.7 Å². The number of nitrogens with zero attached hydrogens (tertiary/aromatic N) is 3. The number of aromatic nitrogens is 1. The second-order valence-corrected chi connectivity index (χ2v) is 7.41. The van der Waals surface area contributed by atoms with Gasteiger partial charge in [0.15, 0.2) is 5.96 Å². The summed E-state index contributed by atoms with van der Waals surface area (Å²) in [5.74, 6) is 2.83. The van der Waals surface area contributed by atoms with Crippen molar-refractivity contribution >= 4 is 11.8 Å². The van der Waals surface area contributed by atoms with Gasteiger partial charge in [0.05, 0.1) is 13.7 Å². The molecule has 3 rings (SSSR count). The molecule has 0 aliphatic carbocycles. The molecule has 1 aliphatic rings. The molecule has 0 radical (unpaired) electrons. The topological polar surface area (TPSA) is 61.8 Å². The predicted octanol–water partition coefficient (Wildman–Crippen LogP) is 3.30. The van der Waals surface area contributed by atoms with E-state index in [4.69, 9.17) is 9.73 Å². The van der Waals surface area contributed by atoms with E-state index in [-0.39, 0.29) is 0 Å². The highest BCUT2D eigenvalue weighted by Crippen LogP contribution is 2.20. The zero-order valence-electron chi connectivity index (χ0n) is 17.9. The molecule has 1 saturated heterocycles. The van der Waals surface area contributed by atoms with Crippen molar-refractivity contribution in [2.75, 3.05) is 38.2 Å². The van der Waals surface area contributed by atoms with Gasteiger partial charge in [-0.15, -0.1) is 0 Å². The molecule has 2 aromatic rings. The molecule has 0 amide bonds. The molecule has 2 N–H and O–H groups in total. The van der Waals surface area contributed by atoms with Gasteiger partial charge in [0.1, 0.15) is 11.6 Å². The molecule has 0 saturated carbocycles. The lowest BCUT2D eigenvalue weighted by atomic mass is 10.1. The lowest BCUT2D eigenvalue weighted by Crippen LogP contribution is -2.38. The largest absolute Gasteiger partial charge is 0.496 e. The highest BCUT2D eigenvalue weighted by atomic mass is 16.5. The van der Waals surface area contributed by atoms with Crippen molar-refractivity contribution in [3.8, 4) is 5.75 Å². The fourth-order valence-electron chi connectivity index (χ4n) is 3.57. The number of pyridine rings is 1. The quantitative estimate of drug-likeness (QED) is 0.530. The molecule has 1 aromatic heterocycles. The third kappa shape index (κ3) is 6.11. The first kappa shape index (κ1) is 21.0. The first-order valence-electron chi connectivity index (χ1n) is 10.5. The number of aryl methyl sites for hydroxylation is 1. The lowest BCUT2D eigenvalue weighted by Gasteiger charge is -2.16. The van der Waals surface area contributed by atoms with Crippen LogP contribution in [0.3, 0.4) is 0 Å². The van der Waals surface area contributed by atoms with Crippen molar-refractivity contribution in [3.63, 3.8) is 0 Å². The summed E-state index contributed by atoms with van der Waals surface area (Å²) in [7, 11) is 1.72. The van der Waals surface area contributed by atoms with Crippen molar-refractivity contribution in [2.24, 2.45) is 4.99 Å². The molecule has 0 spiro atoms. The number of anilines is 1. The van der Waals surface area contributed by atoms with Crippen molar-refractivity contribution in [1.29, 1.82) is 0 Å². The number of methoxy groups -OCH3 is 1. The summed E-state index contributed by atoms with van der Waals surface area (Å²) in [5, 5.41) is 6.74. The van der Waals surface area contributed by atoms with Crippen LogP contribution in [0.1, 0.15) is 36.5 Å². The molecule has 2 heterocycles. The Hall–Kier alpha value is -2.76. The van der Waals surface area contributed by atoms with E-state index in [1.165, 1.54) is 24.0 Å². The van der Waals surface area contributed by atoms with E-state index in [9.17, 15) is 0 Å². The highest BCUT2D eigenvalue weighted by molar-refractivity contribution is 5.79. The number of hydrogen-bond donors (Lipinski definition) is 2. The maximum absolute atomic E-state index is 5.47. The van der Waals surface area contributed by atoms with Crippen molar-refractivity contribution < 1.29 is 4.74 Å². The normalized spacial score (nSPS) is 14.2. The SMILES string of the molecule is CCNC(=NCc1ccc(N2CCCC2)nc1)NCCc1cc(C)ccc1OC. The van der Waals surface area contributed by atoms with Crippen molar-refractivity contribution in [1.82, 2.24) is 15.6 Å². The average molecular weight is 396 g/mol. The number of ether oxygens (including phenoxy) is 1. The Kier molecular flexibility index (Phi) is 7.73. The van der Waals surface area contributed by atoms with E-state index in [2.05, 4.69) is 58.6 Å². The zero-order chi connectivity index (χ0) is 20.5. The monoisotopic (exact) mass is 395 g/mol. The van der Waals surface area contributed by atoms with Gasteiger partial charge in [0.2, 0.25) is 0 Å². The first-order valence-corrected chi connectivity index (χ1v) is 10.5. The summed E-state index contributed by atoms with van der Waals surface area (Å²) < 4.78 is 5.47. The van der Waals surface area contributed by atoms with Crippen LogP contribution in [-0.4, -0.2) is 44.2 Å². The molecular weight excluding hydrogens is 362 g/mol. The Morgan fingerprint density at radius 1 is 1.17 bits per heavy atom. The average Bonchev–Trinajstić information content (AvgIpc) is 3.27. The summed E-state index contributed by atoms with van der Waals surface area (Å²) in [6.45, 7) is 8.63. The Morgan fingerprint density at radius 3 is 2.69 bits per heavy atom. The molecule has 0 bridgehead atoms. The van der Waals surface area contributed by atoms with Crippen molar-refractivity contribution in [3.05, 3.63) is 53.2 Å². The summed E-state index contributed by atoms with van der Waals surface area (Å²) >= 11 is 0. The minimum atomic E-state index is 0.608. The van der Waals surface area contributed by atoms with Gasteiger partial charge in [0.25, 0.3) is 0 Å². The predicted molar refractivity (Wildman–Crippen MR) is 120 cm³/mol. The standard InChI is InChI=1S/C23H33N5O/c1-4-24-23(25-12-11-20-15-18(2)7-9-21(20)29-3)27-17-19-8-10-22(26-16-19)28-13-5-6-14-28/h7-10,15-16H,4-6,11-14,17H2,1-3H3,(H2,24,25,27). The molecular formula is C23H33N5O. The van der Waals surface area contributed by atoms with Gasteiger partial charge >= 0.3 is 0 Å². The van der Waals surface area contributed by atoms with Crippen LogP contribution in [0.4, 0.5) is 5.82 Å². The Balaban J connectivity index is 1.55. The van der Waals surface area contributed by atoms with Gasteiger partial charge in [0, 0.05) is 32.4 Å². The fraction of sp³-hybridized carbons (Fsp3) is 0.478. The van der Waals surface area contributed by atoms with Crippen molar-refractivity contribution in [2.45, 2.75) is 39.7 Å². The van der Waals surface area contributed by atoms with Gasteiger partial charge in [-0.2, -0.15) is 0 Å². The Bertz CT molecular complexity index is 797. The van der Waals surface area contributed by atoms with Gasteiger partial charge in [-0.05, 0) is 56.4 Å². The van der Waals surface area contributed by atoms with E-state index >= 15 is 0 Å². The van der Waals surface area contributed by atoms with E-state index in [1.807, 2.05) is 12.3 Å². The van der Waals surface area contributed by atoms with Crippen LogP contribution >= 0.6 is 0 Å². The molecule has 29 heavy (non-hydrogen) atoms. The molecule has 1 aliphatic heterocycles. The smallest absolute Gasteiger partial charge is 0.191 e. The van der Waals surface area contributed by atoms with Crippen LogP contribution in [-0.2, 0) is 13.0 Å². The second-order valence-electron chi connectivity index (χ2n) is 7.41. The summed E-state index contributed by atoms with van der Waals surface area (Å²) in [4.78, 5) is 11.7. The molecule has 156 valence electrons. The van der Waals surface area contributed by atoms with Crippen LogP contribution in [0.2, 0.25) is 0 Å². The second kappa shape index (κ2) is 10.7. The van der Waals surface area contributed by atoms with Gasteiger partial charge in [-0.1, -0.05) is 23.8 Å². The number of hydrogen-bond acceptors (Lipinski definition) is 4. The van der Waals surface area contributed by atoms with E-state index in [1.54, 1.807) is 7.11 Å². The van der Waals surface area contributed by atoms with Gasteiger partial charge in [-0.3, -0.25) is 0 Å². The highest BCUT2D eigenvalue weighted by Gasteiger charge is 2.12. The number of aliphatic imine (C=N–C) groups is 1. The third-order valence-corrected chi connectivity index (χ3v) is 5.13. The van der Waals surface area contributed by atoms with E-state index < -0.39 is 0 Å². The molecule has 1 fully saturated rings.